The van der Waals surface area contributed by atoms with E-state index in [4.69, 9.17) is 14.3 Å². The maximum atomic E-state index is 13.0. The summed E-state index contributed by atoms with van der Waals surface area (Å²) in [5, 5.41) is 6.19. The summed E-state index contributed by atoms with van der Waals surface area (Å²) >= 11 is 3.73. The summed E-state index contributed by atoms with van der Waals surface area (Å²) in [6.45, 7) is 19.6. The molecule has 2 heterocycles. The van der Waals surface area contributed by atoms with Crippen LogP contribution < -0.4 is 4.90 Å². The molecule has 1 aromatic heterocycles. The Kier molecular flexibility index (Phi) is 7.83. The number of halogens is 1. The maximum Gasteiger partial charge on any atom is 0.410 e. The van der Waals surface area contributed by atoms with Crippen LogP contribution >= 0.6 is 15.9 Å². The van der Waals surface area contributed by atoms with E-state index < -0.39 is 13.9 Å². The fraction of sp³-hybridized carbons (Fsp3) is 0.714. The number of aryl methyl sites for hydroxylation is 1. The van der Waals surface area contributed by atoms with Gasteiger partial charge in [0.25, 0.3) is 0 Å². The number of hydrogen-bond acceptors (Lipinski definition) is 5. The van der Waals surface area contributed by atoms with Gasteiger partial charge in [0.2, 0.25) is 0 Å². The third-order valence-electron chi connectivity index (χ3n) is 8.15. The lowest BCUT2D eigenvalue weighted by Gasteiger charge is -2.40. The Bertz CT molecular complexity index is 1140. The molecule has 0 atom stereocenters. The van der Waals surface area contributed by atoms with Crippen molar-refractivity contribution in [1.29, 1.82) is 0 Å². The van der Waals surface area contributed by atoms with Crippen LogP contribution in [0, 0.1) is 0 Å². The lowest BCUT2D eigenvalue weighted by Crippen LogP contribution is -2.50. The highest BCUT2D eigenvalue weighted by molar-refractivity contribution is 9.10. The molecule has 37 heavy (non-hydrogen) atoms. The van der Waals surface area contributed by atoms with Gasteiger partial charge < -0.3 is 19.0 Å². The van der Waals surface area contributed by atoms with E-state index in [1.54, 1.807) is 0 Å². The van der Waals surface area contributed by atoms with E-state index in [1.165, 1.54) is 11.1 Å². The first-order chi connectivity index (χ1) is 17.1. The van der Waals surface area contributed by atoms with Crippen molar-refractivity contribution in [3.63, 3.8) is 0 Å². The predicted octanol–water partition coefficient (Wildman–Crippen LogP) is 7.23. The molecule has 206 valence electrons. The second-order valence-electron chi connectivity index (χ2n) is 13.2. The number of hydrogen-bond donors (Lipinski definition) is 0. The van der Waals surface area contributed by atoms with E-state index >= 15 is 0 Å². The van der Waals surface area contributed by atoms with E-state index in [1.807, 2.05) is 37.4 Å². The highest BCUT2D eigenvalue weighted by atomic mass is 79.9. The number of aromatic nitrogens is 2. The normalized spacial score (nSPS) is 17.9. The van der Waals surface area contributed by atoms with Gasteiger partial charge in [-0.3, -0.25) is 4.68 Å². The van der Waals surface area contributed by atoms with Crippen LogP contribution in [0.2, 0.25) is 18.1 Å². The standard InChI is InChI=1S/C28H45BrN4O3Si/c1-27(2,3)36-26(34)33(19-10-11-19)20-14-16-32(17-15-20)22-13-12-21(29)25-24(22)23(31(7)30-25)18-35-37(8,9)28(4,5)6/h12-13,19-20H,10-11,14-18H2,1-9H3. The third kappa shape index (κ3) is 6.19. The van der Waals surface area contributed by atoms with Gasteiger partial charge in [-0.1, -0.05) is 20.8 Å². The number of carbonyl (C=O) groups is 1. The highest BCUT2D eigenvalue weighted by Crippen LogP contribution is 2.40. The lowest BCUT2D eigenvalue weighted by molar-refractivity contribution is 0.0114. The minimum atomic E-state index is -1.91. The van der Waals surface area contributed by atoms with Crippen molar-refractivity contribution >= 4 is 46.9 Å². The second-order valence-corrected chi connectivity index (χ2v) is 18.9. The van der Waals surface area contributed by atoms with Crippen LogP contribution in [0.15, 0.2) is 16.6 Å². The second kappa shape index (κ2) is 10.2. The predicted molar refractivity (Wildman–Crippen MR) is 157 cm³/mol. The van der Waals surface area contributed by atoms with Crippen molar-refractivity contribution in [3.05, 3.63) is 22.3 Å². The first-order valence-electron chi connectivity index (χ1n) is 13.6. The van der Waals surface area contributed by atoms with Crippen molar-refractivity contribution < 1.29 is 14.0 Å². The van der Waals surface area contributed by atoms with E-state index in [9.17, 15) is 4.79 Å². The number of piperidine rings is 1. The molecule has 0 spiro atoms. The molecule has 1 aromatic carbocycles. The Morgan fingerprint density at radius 1 is 1.08 bits per heavy atom. The molecule has 1 saturated carbocycles. The number of nitrogens with zero attached hydrogens (tertiary/aromatic N) is 4. The molecule has 0 unspecified atom stereocenters. The molecule has 1 aliphatic carbocycles. The number of fused-ring (bicyclic) bond motifs is 1. The molecular weight excluding hydrogens is 548 g/mol. The number of rotatable bonds is 6. The molecule has 1 saturated heterocycles. The summed E-state index contributed by atoms with van der Waals surface area (Å²) < 4.78 is 15.4. The van der Waals surface area contributed by atoms with E-state index in [0.29, 0.717) is 12.6 Å². The third-order valence-corrected chi connectivity index (χ3v) is 13.3. The highest BCUT2D eigenvalue weighted by Gasteiger charge is 2.41. The van der Waals surface area contributed by atoms with Gasteiger partial charge in [0, 0.05) is 47.8 Å². The summed E-state index contributed by atoms with van der Waals surface area (Å²) in [6.07, 6.45) is 3.88. The van der Waals surface area contributed by atoms with Gasteiger partial charge in [0.1, 0.15) is 11.1 Å². The minimum Gasteiger partial charge on any atom is -0.444 e. The van der Waals surface area contributed by atoms with Crippen LogP contribution in [0.3, 0.4) is 0 Å². The lowest BCUT2D eigenvalue weighted by atomic mass is 10.0. The first-order valence-corrected chi connectivity index (χ1v) is 17.3. The Hall–Kier alpha value is -1.58. The average Bonchev–Trinajstić information content (AvgIpc) is 3.53. The van der Waals surface area contributed by atoms with Crippen LogP contribution in [-0.2, 0) is 22.8 Å². The van der Waals surface area contributed by atoms with Gasteiger partial charge in [-0.05, 0) is 92.6 Å². The van der Waals surface area contributed by atoms with Crippen LogP contribution in [0.4, 0.5) is 10.5 Å². The number of anilines is 1. The van der Waals surface area contributed by atoms with E-state index in [2.05, 4.69) is 66.8 Å². The number of benzene rings is 1. The van der Waals surface area contributed by atoms with Crippen LogP contribution in [-0.4, -0.2) is 59.9 Å². The van der Waals surface area contributed by atoms with E-state index in [0.717, 1.165) is 54.5 Å². The summed E-state index contributed by atoms with van der Waals surface area (Å²) in [6, 6.07) is 4.87. The molecule has 0 bridgehead atoms. The molecule has 2 aliphatic rings. The van der Waals surface area contributed by atoms with Crippen molar-refractivity contribution in [3.8, 4) is 0 Å². The fourth-order valence-corrected chi connectivity index (χ4v) is 6.19. The molecule has 2 aromatic rings. The zero-order chi connectivity index (χ0) is 27.3. The van der Waals surface area contributed by atoms with E-state index in [-0.39, 0.29) is 17.2 Å². The summed E-state index contributed by atoms with van der Waals surface area (Å²) in [5.74, 6) is 0. The molecule has 0 radical (unpaired) electrons. The molecule has 0 N–H and O–H groups in total. The average molecular weight is 594 g/mol. The van der Waals surface area contributed by atoms with Gasteiger partial charge in [-0.15, -0.1) is 0 Å². The zero-order valence-corrected chi connectivity index (χ0v) is 26.7. The summed E-state index contributed by atoms with van der Waals surface area (Å²) in [7, 11) is 0.103. The Labute approximate surface area is 232 Å². The van der Waals surface area contributed by atoms with Crippen molar-refractivity contribution in [2.75, 3.05) is 18.0 Å². The molecule has 2 fully saturated rings. The Morgan fingerprint density at radius 3 is 2.22 bits per heavy atom. The van der Waals surface area contributed by atoms with Gasteiger partial charge in [0.05, 0.1) is 12.3 Å². The molecule has 1 amide bonds. The van der Waals surface area contributed by atoms with Crippen LogP contribution in [0.25, 0.3) is 10.9 Å². The topological polar surface area (TPSA) is 59.8 Å². The van der Waals surface area contributed by atoms with Crippen molar-refractivity contribution in [2.45, 2.75) is 110 Å². The monoisotopic (exact) mass is 592 g/mol. The Morgan fingerprint density at radius 2 is 1.68 bits per heavy atom. The van der Waals surface area contributed by atoms with Gasteiger partial charge >= 0.3 is 6.09 Å². The quantitative estimate of drug-likeness (QED) is 0.331. The molecular formula is C28H45BrN4O3Si. The van der Waals surface area contributed by atoms with Crippen molar-refractivity contribution in [2.24, 2.45) is 7.05 Å². The summed E-state index contributed by atoms with van der Waals surface area (Å²) in [4.78, 5) is 17.5. The molecule has 7 nitrogen and oxygen atoms in total. The summed E-state index contributed by atoms with van der Waals surface area (Å²) in [5.41, 5.74) is 2.82. The SMILES string of the molecule is Cn1nc2c(Br)ccc(N3CCC(N(C(=O)OC(C)(C)C)C4CC4)CC3)c2c1CO[Si](C)(C)C(C)(C)C. The van der Waals surface area contributed by atoms with Crippen LogP contribution in [0.5, 0.6) is 0 Å². The van der Waals surface area contributed by atoms with Gasteiger partial charge in [0.15, 0.2) is 8.32 Å². The van der Waals surface area contributed by atoms with Crippen molar-refractivity contribution in [1.82, 2.24) is 14.7 Å². The fourth-order valence-electron chi connectivity index (χ4n) is 4.85. The first kappa shape index (κ1) is 28.4. The maximum absolute atomic E-state index is 13.0. The van der Waals surface area contributed by atoms with Crippen LogP contribution in [0.1, 0.15) is 72.9 Å². The Balaban J connectivity index is 1.56. The largest absolute Gasteiger partial charge is 0.444 e. The number of amides is 1. The zero-order valence-electron chi connectivity index (χ0n) is 24.2. The minimum absolute atomic E-state index is 0.147. The molecule has 4 rings (SSSR count). The van der Waals surface area contributed by atoms with Gasteiger partial charge in [-0.25, -0.2) is 4.79 Å². The molecule has 9 heteroatoms. The number of ether oxygens (including phenoxy) is 1. The smallest absolute Gasteiger partial charge is 0.410 e. The number of carbonyl (C=O) groups excluding carboxylic acids is 1. The van der Waals surface area contributed by atoms with Gasteiger partial charge in [-0.2, -0.15) is 5.10 Å². The molecule has 1 aliphatic heterocycles.